The molecule has 0 bridgehead atoms. The molecule has 2 fully saturated rings. The second-order valence-electron chi connectivity index (χ2n) is 5.63. The Morgan fingerprint density at radius 1 is 1.47 bits per heavy atom. The second kappa shape index (κ2) is 6.57. The highest BCUT2D eigenvalue weighted by atomic mass is 16.5. The van der Waals surface area contributed by atoms with Gasteiger partial charge in [-0.3, -0.25) is 4.90 Å². The molecular weight excluding hydrogens is 244 g/mol. The molecule has 1 amide bonds. The van der Waals surface area contributed by atoms with Gasteiger partial charge in [0.15, 0.2) is 0 Å². The lowest BCUT2D eigenvalue weighted by Crippen LogP contribution is -2.67. The van der Waals surface area contributed by atoms with Crippen molar-refractivity contribution in [1.29, 1.82) is 0 Å². The predicted octanol–water partition coefficient (Wildman–Crippen LogP) is 1.77. The van der Waals surface area contributed by atoms with Crippen molar-refractivity contribution < 1.29 is 14.3 Å². The number of hydrogen-bond donors (Lipinski definition) is 1. The van der Waals surface area contributed by atoms with E-state index in [9.17, 15) is 4.79 Å². The molecule has 2 heterocycles. The van der Waals surface area contributed by atoms with Gasteiger partial charge in [-0.2, -0.15) is 0 Å². The monoisotopic (exact) mass is 270 g/mol. The Bertz CT molecular complexity index is 305. The smallest absolute Gasteiger partial charge is 0.407 e. The molecule has 0 aliphatic carbocycles. The van der Waals surface area contributed by atoms with E-state index in [0.717, 1.165) is 52.0 Å². The van der Waals surface area contributed by atoms with E-state index in [1.807, 2.05) is 0 Å². The van der Waals surface area contributed by atoms with Crippen LogP contribution in [-0.4, -0.2) is 55.5 Å². The minimum atomic E-state index is -0.268. The van der Waals surface area contributed by atoms with E-state index in [-0.39, 0.29) is 17.7 Å². The van der Waals surface area contributed by atoms with Crippen LogP contribution in [0.2, 0.25) is 0 Å². The van der Waals surface area contributed by atoms with E-state index in [4.69, 9.17) is 9.47 Å². The Kier molecular flexibility index (Phi) is 5.05. The number of rotatable bonds is 5. The van der Waals surface area contributed by atoms with Gasteiger partial charge in [0.1, 0.15) is 0 Å². The normalized spacial score (nSPS) is 25.9. The molecule has 0 aromatic carbocycles. The molecule has 5 heteroatoms. The summed E-state index contributed by atoms with van der Waals surface area (Å²) in [7, 11) is 0. The maximum Gasteiger partial charge on any atom is 0.407 e. The van der Waals surface area contributed by atoms with Crippen molar-refractivity contribution in [3.05, 3.63) is 0 Å². The van der Waals surface area contributed by atoms with Gasteiger partial charge in [0.25, 0.3) is 0 Å². The summed E-state index contributed by atoms with van der Waals surface area (Å²) in [5, 5.41) is 2.98. The van der Waals surface area contributed by atoms with Gasteiger partial charge in [0.05, 0.1) is 25.4 Å². The van der Waals surface area contributed by atoms with Gasteiger partial charge in [-0.25, -0.2) is 4.79 Å². The summed E-state index contributed by atoms with van der Waals surface area (Å²) < 4.78 is 10.5. The van der Waals surface area contributed by atoms with E-state index in [2.05, 4.69) is 24.1 Å². The highest BCUT2D eigenvalue weighted by Gasteiger charge is 2.46. The van der Waals surface area contributed by atoms with Gasteiger partial charge in [-0.05, 0) is 25.8 Å². The number of ether oxygens (including phenoxy) is 2. The summed E-state index contributed by atoms with van der Waals surface area (Å²) >= 11 is 0. The molecule has 2 aliphatic heterocycles. The van der Waals surface area contributed by atoms with Crippen molar-refractivity contribution in [3.63, 3.8) is 0 Å². The zero-order valence-electron chi connectivity index (χ0n) is 12.1. The number of alkyl carbamates (subject to hydrolysis) is 1. The molecule has 2 rings (SSSR count). The predicted molar refractivity (Wildman–Crippen MR) is 73.2 cm³/mol. The zero-order chi connectivity index (χ0) is 13.7. The van der Waals surface area contributed by atoms with Gasteiger partial charge in [-0.15, -0.1) is 0 Å². The van der Waals surface area contributed by atoms with Crippen LogP contribution in [0.3, 0.4) is 0 Å². The highest BCUT2D eigenvalue weighted by Crippen LogP contribution is 2.34. The number of carbonyl (C=O) groups is 1. The van der Waals surface area contributed by atoms with Crippen molar-refractivity contribution in [3.8, 4) is 0 Å². The lowest BCUT2D eigenvalue weighted by molar-refractivity contribution is -0.158. The summed E-state index contributed by atoms with van der Waals surface area (Å²) in [5.41, 5.74) is 0.249. The van der Waals surface area contributed by atoms with E-state index < -0.39 is 0 Å². The first-order chi connectivity index (χ1) is 9.20. The maximum atomic E-state index is 11.6. The number of unbranched alkanes of at least 4 members (excludes halogenated alkanes) is 1. The minimum Gasteiger partial charge on any atom is -0.450 e. The zero-order valence-corrected chi connectivity index (χ0v) is 12.1. The minimum absolute atomic E-state index is 0.209. The van der Waals surface area contributed by atoms with Crippen LogP contribution in [0.4, 0.5) is 4.79 Å². The molecule has 2 saturated heterocycles. The summed E-state index contributed by atoms with van der Waals surface area (Å²) in [6, 6.07) is 0.209. The van der Waals surface area contributed by atoms with Crippen molar-refractivity contribution >= 4 is 6.09 Å². The number of carbonyl (C=O) groups excluding carboxylic acids is 1. The average Bonchev–Trinajstić information content (AvgIpc) is 2.37. The van der Waals surface area contributed by atoms with Crippen molar-refractivity contribution in [1.82, 2.24) is 10.2 Å². The molecule has 1 unspecified atom stereocenters. The SMILES string of the molecule is CCCCOC(=O)NC1CCC2(COC2)N(CC)C1. The fraction of sp³-hybridized carbons (Fsp3) is 0.929. The number of likely N-dealkylation sites (N-methyl/N-ethyl adjacent to an activating group) is 1. The first kappa shape index (κ1) is 14.6. The summed E-state index contributed by atoms with van der Waals surface area (Å²) in [6.45, 7) is 8.37. The number of hydrogen-bond acceptors (Lipinski definition) is 4. The Morgan fingerprint density at radius 2 is 2.26 bits per heavy atom. The fourth-order valence-corrected chi connectivity index (χ4v) is 2.92. The molecular formula is C14H26N2O3. The Hall–Kier alpha value is -0.810. The third-order valence-corrected chi connectivity index (χ3v) is 4.25. The molecule has 1 N–H and O–H groups in total. The fourth-order valence-electron chi connectivity index (χ4n) is 2.92. The third kappa shape index (κ3) is 3.39. The van der Waals surface area contributed by atoms with E-state index in [1.54, 1.807) is 0 Å². The van der Waals surface area contributed by atoms with Crippen LogP contribution in [0.25, 0.3) is 0 Å². The van der Waals surface area contributed by atoms with Crippen molar-refractivity contribution in [2.75, 3.05) is 32.9 Å². The third-order valence-electron chi connectivity index (χ3n) is 4.25. The van der Waals surface area contributed by atoms with Gasteiger partial charge in [0.2, 0.25) is 0 Å². The van der Waals surface area contributed by atoms with Crippen LogP contribution in [0.5, 0.6) is 0 Å². The number of nitrogens with one attached hydrogen (secondary N) is 1. The van der Waals surface area contributed by atoms with E-state index >= 15 is 0 Å². The summed E-state index contributed by atoms with van der Waals surface area (Å²) in [6.07, 6.45) is 3.82. The quantitative estimate of drug-likeness (QED) is 0.774. The average molecular weight is 270 g/mol. The van der Waals surface area contributed by atoms with E-state index in [0.29, 0.717) is 6.61 Å². The largest absolute Gasteiger partial charge is 0.450 e. The van der Waals surface area contributed by atoms with Crippen LogP contribution in [0, 0.1) is 0 Å². The molecule has 0 aromatic heterocycles. The molecule has 0 saturated carbocycles. The Labute approximate surface area is 115 Å². The standard InChI is InChI=1S/C14H26N2O3/c1-3-5-8-19-13(17)15-12-6-7-14(10-18-11-14)16(4-2)9-12/h12H,3-11H2,1-2H3,(H,15,17). The first-order valence-corrected chi connectivity index (χ1v) is 7.46. The maximum absolute atomic E-state index is 11.6. The van der Waals surface area contributed by atoms with E-state index in [1.165, 1.54) is 0 Å². The van der Waals surface area contributed by atoms with Gasteiger partial charge < -0.3 is 14.8 Å². The Morgan fingerprint density at radius 3 is 2.84 bits per heavy atom. The Balaban J connectivity index is 1.75. The molecule has 1 atom stereocenters. The first-order valence-electron chi connectivity index (χ1n) is 7.46. The van der Waals surface area contributed by atoms with Gasteiger partial charge in [-0.1, -0.05) is 20.3 Å². The lowest BCUT2D eigenvalue weighted by atomic mass is 9.83. The molecule has 19 heavy (non-hydrogen) atoms. The second-order valence-corrected chi connectivity index (χ2v) is 5.63. The topological polar surface area (TPSA) is 50.8 Å². The highest BCUT2D eigenvalue weighted by molar-refractivity contribution is 5.67. The number of piperidine rings is 1. The molecule has 5 nitrogen and oxygen atoms in total. The molecule has 1 spiro atoms. The number of likely N-dealkylation sites (tertiary alicyclic amines) is 1. The van der Waals surface area contributed by atoms with Crippen LogP contribution < -0.4 is 5.32 Å². The molecule has 2 aliphatic rings. The lowest BCUT2D eigenvalue weighted by Gasteiger charge is -2.53. The van der Waals surface area contributed by atoms with Crippen molar-refractivity contribution in [2.24, 2.45) is 0 Å². The summed E-state index contributed by atoms with van der Waals surface area (Å²) in [5.74, 6) is 0. The molecule has 0 radical (unpaired) electrons. The number of amides is 1. The molecule has 0 aromatic rings. The van der Waals surface area contributed by atoms with Crippen LogP contribution in [0.1, 0.15) is 39.5 Å². The van der Waals surface area contributed by atoms with Crippen LogP contribution in [-0.2, 0) is 9.47 Å². The summed E-state index contributed by atoms with van der Waals surface area (Å²) in [4.78, 5) is 14.1. The van der Waals surface area contributed by atoms with Crippen molar-refractivity contribution in [2.45, 2.75) is 51.1 Å². The van der Waals surface area contributed by atoms with Crippen LogP contribution >= 0.6 is 0 Å². The van der Waals surface area contributed by atoms with Crippen LogP contribution in [0.15, 0.2) is 0 Å². The van der Waals surface area contributed by atoms with Gasteiger partial charge in [0, 0.05) is 12.6 Å². The number of nitrogens with zero attached hydrogens (tertiary/aromatic N) is 1. The molecule has 110 valence electrons. The van der Waals surface area contributed by atoms with Gasteiger partial charge >= 0.3 is 6.09 Å².